The first-order valence-corrected chi connectivity index (χ1v) is 4.28. The van der Waals surface area contributed by atoms with Crippen molar-refractivity contribution in [3.63, 3.8) is 0 Å². The van der Waals surface area contributed by atoms with Crippen molar-refractivity contribution in [2.75, 3.05) is 6.54 Å². The van der Waals surface area contributed by atoms with E-state index >= 15 is 0 Å². The average molecular weight is 148 g/mol. The van der Waals surface area contributed by atoms with Crippen molar-refractivity contribution in [3.8, 4) is 0 Å². The third-order valence-corrected chi connectivity index (χ3v) is 3.00. The van der Waals surface area contributed by atoms with E-state index in [0.717, 1.165) is 6.54 Å². The minimum atomic E-state index is 0.525. The fourth-order valence-corrected chi connectivity index (χ4v) is 2.15. The van der Waals surface area contributed by atoms with Crippen LogP contribution in [-0.2, 0) is 12.0 Å². The minimum absolute atomic E-state index is 0.525. The molecule has 2 aliphatic rings. The summed E-state index contributed by atoms with van der Waals surface area (Å²) >= 11 is 0. The number of hydrogen-bond donors (Lipinski definition) is 2. The number of aromatic nitrogens is 1. The van der Waals surface area contributed by atoms with Crippen LogP contribution < -0.4 is 5.32 Å². The molecule has 0 aromatic carbocycles. The maximum atomic E-state index is 3.46. The summed E-state index contributed by atoms with van der Waals surface area (Å²) in [6.45, 7) is 2.24. The lowest BCUT2D eigenvalue weighted by Gasteiger charge is -2.22. The molecule has 1 aliphatic carbocycles. The topological polar surface area (TPSA) is 27.8 Å². The van der Waals surface area contributed by atoms with Gasteiger partial charge in [0, 0.05) is 30.4 Å². The van der Waals surface area contributed by atoms with Crippen molar-refractivity contribution >= 4 is 0 Å². The Morgan fingerprint density at radius 3 is 3.09 bits per heavy atom. The van der Waals surface area contributed by atoms with Crippen LogP contribution in [0.2, 0.25) is 0 Å². The van der Waals surface area contributed by atoms with Gasteiger partial charge < -0.3 is 10.3 Å². The molecular weight excluding hydrogens is 136 g/mol. The Morgan fingerprint density at radius 2 is 2.27 bits per heavy atom. The monoisotopic (exact) mass is 148 g/mol. The molecule has 3 rings (SSSR count). The van der Waals surface area contributed by atoms with E-state index in [1.165, 1.54) is 30.6 Å². The molecule has 1 fully saturated rings. The molecule has 1 saturated carbocycles. The molecule has 0 amide bonds. The van der Waals surface area contributed by atoms with Crippen LogP contribution in [0, 0.1) is 0 Å². The zero-order chi connectivity index (χ0) is 7.31. The van der Waals surface area contributed by atoms with Crippen molar-refractivity contribution in [2.45, 2.75) is 24.8 Å². The second-order valence-electron chi connectivity index (χ2n) is 3.76. The molecule has 0 bridgehead atoms. The van der Waals surface area contributed by atoms with E-state index in [1.54, 1.807) is 0 Å². The molecule has 2 N–H and O–H groups in total. The fraction of sp³-hybridized carbons (Fsp3) is 0.556. The summed E-state index contributed by atoms with van der Waals surface area (Å²) in [4.78, 5) is 3.37. The lowest BCUT2D eigenvalue weighted by molar-refractivity contribution is 0.522. The lowest BCUT2D eigenvalue weighted by atomic mass is 9.95. The maximum Gasteiger partial charge on any atom is 0.0268 e. The molecule has 1 aromatic rings. The fourth-order valence-electron chi connectivity index (χ4n) is 2.15. The number of nitrogens with one attached hydrogen (secondary N) is 2. The summed E-state index contributed by atoms with van der Waals surface area (Å²) in [5.41, 5.74) is 3.52. The molecule has 0 saturated heterocycles. The molecule has 0 unspecified atom stereocenters. The van der Waals surface area contributed by atoms with E-state index in [9.17, 15) is 0 Å². The molecular formula is C9H12N2. The van der Waals surface area contributed by atoms with Crippen LogP contribution in [0.25, 0.3) is 0 Å². The first-order valence-electron chi connectivity index (χ1n) is 4.28. The Balaban J connectivity index is 2.16. The van der Waals surface area contributed by atoms with E-state index in [4.69, 9.17) is 0 Å². The van der Waals surface area contributed by atoms with E-state index in [2.05, 4.69) is 22.6 Å². The Labute approximate surface area is 66.0 Å². The molecule has 58 valence electrons. The number of hydrogen-bond acceptors (Lipinski definition) is 1. The third-order valence-electron chi connectivity index (χ3n) is 3.00. The van der Waals surface area contributed by atoms with Crippen LogP contribution in [0.5, 0.6) is 0 Å². The highest BCUT2D eigenvalue weighted by molar-refractivity contribution is 5.36. The van der Waals surface area contributed by atoms with Gasteiger partial charge >= 0.3 is 0 Å². The molecule has 1 spiro atoms. The number of fused-ring (bicyclic) bond motifs is 2. The largest absolute Gasteiger partial charge is 0.364 e. The Kier molecular flexibility index (Phi) is 0.899. The van der Waals surface area contributed by atoms with Crippen molar-refractivity contribution in [1.82, 2.24) is 10.3 Å². The van der Waals surface area contributed by atoms with Crippen molar-refractivity contribution < 1.29 is 0 Å². The maximum absolute atomic E-state index is 3.46. The van der Waals surface area contributed by atoms with Crippen LogP contribution in [0.3, 0.4) is 0 Å². The zero-order valence-electron chi connectivity index (χ0n) is 6.48. The summed E-state index contributed by atoms with van der Waals surface area (Å²) in [5.74, 6) is 0. The van der Waals surface area contributed by atoms with Gasteiger partial charge in [0.05, 0.1) is 0 Å². The van der Waals surface area contributed by atoms with Crippen molar-refractivity contribution in [2.24, 2.45) is 0 Å². The highest BCUT2D eigenvalue weighted by Gasteiger charge is 2.47. The van der Waals surface area contributed by atoms with E-state index < -0.39 is 0 Å². The predicted octanol–water partition coefficient (Wildman–Crippen LogP) is 1.15. The SMILES string of the molecule is c1cc2c([nH]1)C1(CC1)CNC2. The van der Waals surface area contributed by atoms with E-state index in [1.807, 2.05) is 0 Å². The first kappa shape index (κ1) is 5.84. The highest BCUT2D eigenvalue weighted by Crippen LogP contribution is 2.49. The van der Waals surface area contributed by atoms with Crippen LogP contribution in [-0.4, -0.2) is 11.5 Å². The van der Waals surface area contributed by atoms with Gasteiger partial charge in [0.15, 0.2) is 0 Å². The van der Waals surface area contributed by atoms with Gasteiger partial charge in [0.1, 0.15) is 0 Å². The summed E-state index contributed by atoms with van der Waals surface area (Å²) in [7, 11) is 0. The van der Waals surface area contributed by atoms with Crippen LogP contribution in [0.15, 0.2) is 12.3 Å². The lowest BCUT2D eigenvalue weighted by Crippen LogP contribution is -2.32. The van der Waals surface area contributed by atoms with Gasteiger partial charge in [-0.1, -0.05) is 0 Å². The summed E-state index contributed by atoms with van der Waals surface area (Å²) < 4.78 is 0. The third kappa shape index (κ3) is 0.653. The summed E-state index contributed by atoms with van der Waals surface area (Å²) in [6, 6.07) is 2.20. The van der Waals surface area contributed by atoms with Crippen LogP contribution >= 0.6 is 0 Å². The van der Waals surface area contributed by atoms with Gasteiger partial charge in [-0.25, -0.2) is 0 Å². The minimum Gasteiger partial charge on any atom is -0.364 e. The number of rotatable bonds is 0. The molecule has 11 heavy (non-hydrogen) atoms. The predicted molar refractivity (Wildman–Crippen MR) is 43.4 cm³/mol. The zero-order valence-corrected chi connectivity index (χ0v) is 6.48. The second kappa shape index (κ2) is 1.69. The van der Waals surface area contributed by atoms with Gasteiger partial charge in [0.2, 0.25) is 0 Å². The number of H-pyrrole nitrogens is 1. The van der Waals surface area contributed by atoms with Gasteiger partial charge in [-0.3, -0.25) is 0 Å². The van der Waals surface area contributed by atoms with E-state index in [-0.39, 0.29) is 0 Å². The average Bonchev–Trinajstić information content (AvgIpc) is 2.63. The smallest absolute Gasteiger partial charge is 0.0268 e. The van der Waals surface area contributed by atoms with Gasteiger partial charge in [-0.15, -0.1) is 0 Å². The molecule has 0 radical (unpaired) electrons. The molecule has 1 aromatic heterocycles. The normalized spacial score (nSPS) is 25.1. The standard InChI is InChI=1S/C9H12N2/c1-4-11-8-7(1)5-10-6-9(8)2-3-9/h1,4,10-11H,2-3,5-6H2. The van der Waals surface area contributed by atoms with Crippen molar-refractivity contribution in [3.05, 3.63) is 23.5 Å². The first-order chi connectivity index (χ1) is 5.41. The quantitative estimate of drug-likeness (QED) is 0.567. The molecule has 2 heterocycles. The van der Waals surface area contributed by atoms with E-state index in [0.29, 0.717) is 5.41 Å². The van der Waals surface area contributed by atoms with Gasteiger partial charge in [0.25, 0.3) is 0 Å². The van der Waals surface area contributed by atoms with Gasteiger partial charge in [-0.2, -0.15) is 0 Å². The highest BCUT2D eigenvalue weighted by atomic mass is 14.9. The van der Waals surface area contributed by atoms with Crippen molar-refractivity contribution in [1.29, 1.82) is 0 Å². The van der Waals surface area contributed by atoms with Crippen LogP contribution in [0.4, 0.5) is 0 Å². The summed E-state index contributed by atoms with van der Waals surface area (Å²) in [5, 5.41) is 3.46. The molecule has 1 aliphatic heterocycles. The number of aromatic amines is 1. The molecule has 2 heteroatoms. The molecule has 0 atom stereocenters. The Morgan fingerprint density at radius 1 is 1.36 bits per heavy atom. The Hall–Kier alpha value is -0.760. The van der Waals surface area contributed by atoms with Gasteiger partial charge in [-0.05, 0) is 24.5 Å². The molecule has 2 nitrogen and oxygen atoms in total. The second-order valence-corrected chi connectivity index (χ2v) is 3.76. The van der Waals surface area contributed by atoms with Crippen LogP contribution in [0.1, 0.15) is 24.1 Å². The summed E-state index contributed by atoms with van der Waals surface area (Å²) in [6.07, 6.45) is 4.80. The Bertz CT molecular complexity index is 284.